The van der Waals surface area contributed by atoms with Gasteiger partial charge in [0.2, 0.25) is 0 Å². The minimum Gasteiger partial charge on any atom is -0.323 e. The summed E-state index contributed by atoms with van der Waals surface area (Å²) in [7, 11) is -3.33. The van der Waals surface area contributed by atoms with Gasteiger partial charge >= 0.3 is 0 Å². The molecule has 108 valence electrons. The highest BCUT2D eigenvalue weighted by Gasteiger charge is 2.27. The first-order valence-electron chi connectivity index (χ1n) is 6.21. The average molecular weight is 291 g/mol. The molecule has 1 rings (SSSR count). The predicted octanol–water partition coefficient (Wildman–Crippen LogP) is 2.57. The topological polar surface area (TPSA) is 60.2 Å². The van der Waals surface area contributed by atoms with Crippen LogP contribution >= 0.6 is 0 Å². The number of halogens is 2. The van der Waals surface area contributed by atoms with Crippen LogP contribution in [0.15, 0.2) is 18.2 Å². The van der Waals surface area contributed by atoms with Gasteiger partial charge in [0, 0.05) is 6.04 Å². The summed E-state index contributed by atoms with van der Waals surface area (Å²) in [5, 5.41) is -0.830. The van der Waals surface area contributed by atoms with Crippen molar-refractivity contribution < 1.29 is 17.2 Å². The molecule has 0 heterocycles. The summed E-state index contributed by atoms with van der Waals surface area (Å²) in [6.07, 6.45) is 1.34. The number of hydrogen-bond donors (Lipinski definition) is 1. The fourth-order valence-electron chi connectivity index (χ4n) is 1.75. The fourth-order valence-corrected chi connectivity index (χ4v) is 3.41. The summed E-state index contributed by atoms with van der Waals surface area (Å²) in [5.74, 6) is -1.94. The Morgan fingerprint density at radius 2 is 1.89 bits per heavy atom. The SMILES string of the molecule is CCCCS(=O)(=O)C(C)C(N)c1ccc(F)c(F)c1. The highest BCUT2D eigenvalue weighted by Crippen LogP contribution is 2.22. The van der Waals surface area contributed by atoms with E-state index in [1.54, 1.807) is 0 Å². The Bertz CT molecular complexity index is 531. The molecule has 0 fully saturated rings. The van der Waals surface area contributed by atoms with Crippen molar-refractivity contribution in [2.45, 2.75) is 38.0 Å². The zero-order chi connectivity index (χ0) is 14.6. The molecule has 0 bridgehead atoms. The third-order valence-electron chi connectivity index (χ3n) is 3.18. The van der Waals surface area contributed by atoms with Gasteiger partial charge in [0.15, 0.2) is 21.5 Å². The van der Waals surface area contributed by atoms with Gasteiger partial charge in [0.1, 0.15) is 0 Å². The van der Waals surface area contributed by atoms with Crippen molar-refractivity contribution in [3.63, 3.8) is 0 Å². The molecule has 0 spiro atoms. The van der Waals surface area contributed by atoms with Crippen LogP contribution in [0.4, 0.5) is 8.78 Å². The lowest BCUT2D eigenvalue weighted by Gasteiger charge is -2.20. The third-order valence-corrected chi connectivity index (χ3v) is 5.47. The largest absolute Gasteiger partial charge is 0.323 e. The van der Waals surface area contributed by atoms with E-state index in [9.17, 15) is 17.2 Å². The summed E-state index contributed by atoms with van der Waals surface area (Å²) in [4.78, 5) is 0. The van der Waals surface area contributed by atoms with Crippen LogP contribution in [0.3, 0.4) is 0 Å². The van der Waals surface area contributed by atoms with Gasteiger partial charge in [-0.05, 0) is 31.0 Å². The van der Waals surface area contributed by atoms with Crippen molar-refractivity contribution in [3.8, 4) is 0 Å². The standard InChI is InChI=1S/C13H19F2NO2S/c1-3-4-7-19(17,18)9(2)13(16)10-5-6-11(14)12(15)8-10/h5-6,8-9,13H,3-4,7,16H2,1-2H3. The summed E-state index contributed by atoms with van der Waals surface area (Å²) >= 11 is 0. The monoisotopic (exact) mass is 291 g/mol. The molecule has 3 nitrogen and oxygen atoms in total. The number of sulfone groups is 1. The molecule has 2 atom stereocenters. The Kier molecular flexibility index (Phi) is 5.43. The van der Waals surface area contributed by atoms with Gasteiger partial charge in [0.05, 0.1) is 11.0 Å². The molecule has 0 amide bonds. The first-order chi connectivity index (χ1) is 8.79. The van der Waals surface area contributed by atoms with E-state index >= 15 is 0 Å². The van der Waals surface area contributed by atoms with Crippen molar-refractivity contribution in [3.05, 3.63) is 35.4 Å². The number of benzene rings is 1. The molecule has 0 aliphatic heterocycles. The van der Waals surface area contributed by atoms with Gasteiger partial charge in [0.25, 0.3) is 0 Å². The van der Waals surface area contributed by atoms with Crippen LogP contribution in [-0.4, -0.2) is 19.4 Å². The maximum Gasteiger partial charge on any atom is 0.159 e. The summed E-state index contributed by atoms with van der Waals surface area (Å²) in [6.45, 7) is 3.40. The summed E-state index contributed by atoms with van der Waals surface area (Å²) in [6, 6.07) is 2.35. The van der Waals surface area contributed by atoms with Crippen LogP contribution in [0.5, 0.6) is 0 Å². The van der Waals surface area contributed by atoms with E-state index in [0.29, 0.717) is 6.42 Å². The zero-order valence-corrected chi connectivity index (χ0v) is 11.9. The van der Waals surface area contributed by atoms with Crippen LogP contribution in [0.25, 0.3) is 0 Å². The number of unbranched alkanes of at least 4 members (excludes halogenated alkanes) is 1. The van der Waals surface area contributed by atoms with Crippen molar-refractivity contribution >= 4 is 9.84 Å². The van der Waals surface area contributed by atoms with E-state index < -0.39 is 32.8 Å². The molecule has 0 saturated carbocycles. The van der Waals surface area contributed by atoms with Gasteiger partial charge in [-0.3, -0.25) is 0 Å². The molecule has 0 aliphatic carbocycles. The van der Waals surface area contributed by atoms with E-state index in [4.69, 9.17) is 5.73 Å². The maximum atomic E-state index is 13.1. The van der Waals surface area contributed by atoms with E-state index in [0.717, 1.165) is 18.6 Å². The molecule has 1 aromatic rings. The van der Waals surface area contributed by atoms with Gasteiger partial charge in [-0.25, -0.2) is 17.2 Å². The van der Waals surface area contributed by atoms with Crippen molar-refractivity contribution in [1.29, 1.82) is 0 Å². The maximum absolute atomic E-state index is 13.1. The summed E-state index contributed by atoms with van der Waals surface area (Å²) < 4.78 is 50.0. The second kappa shape index (κ2) is 6.43. The van der Waals surface area contributed by atoms with E-state index in [2.05, 4.69) is 0 Å². The Morgan fingerprint density at radius 3 is 2.42 bits per heavy atom. The molecular weight excluding hydrogens is 272 g/mol. The van der Waals surface area contributed by atoms with E-state index in [1.807, 2.05) is 6.92 Å². The first-order valence-corrected chi connectivity index (χ1v) is 7.93. The summed E-state index contributed by atoms with van der Waals surface area (Å²) in [5.41, 5.74) is 6.13. The first kappa shape index (κ1) is 16.0. The van der Waals surface area contributed by atoms with Gasteiger partial charge in [-0.2, -0.15) is 0 Å². The Balaban J connectivity index is 2.92. The molecule has 19 heavy (non-hydrogen) atoms. The highest BCUT2D eigenvalue weighted by atomic mass is 32.2. The van der Waals surface area contributed by atoms with Crippen molar-refractivity contribution in [2.24, 2.45) is 5.73 Å². The van der Waals surface area contributed by atoms with Crippen molar-refractivity contribution in [1.82, 2.24) is 0 Å². The van der Waals surface area contributed by atoms with Gasteiger partial charge in [-0.1, -0.05) is 19.4 Å². The third kappa shape index (κ3) is 3.98. The van der Waals surface area contributed by atoms with Crippen LogP contribution in [0.2, 0.25) is 0 Å². The molecule has 2 N–H and O–H groups in total. The molecule has 0 aliphatic rings. The van der Waals surface area contributed by atoms with Gasteiger partial charge in [-0.15, -0.1) is 0 Å². The minimum atomic E-state index is -3.33. The number of nitrogens with two attached hydrogens (primary N) is 1. The Hall–Kier alpha value is -1.01. The normalized spacial score (nSPS) is 15.2. The second-order valence-corrected chi connectivity index (χ2v) is 7.10. The molecular formula is C13H19F2NO2S. The van der Waals surface area contributed by atoms with Crippen LogP contribution in [0.1, 0.15) is 38.3 Å². The number of hydrogen-bond acceptors (Lipinski definition) is 3. The zero-order valence-electron chi connectivity index (χ0n) is 11.1. The van der Waals surface area contributed by atoms with Crippen LogP contribution in [0, 0.1) is 11.6 Å². The lowest BCUT2D eigenvalue weighted by Crippen LogP contribution is -2.32. The van der Waals surface area contributed by atoms with E-state index in [-0.39, 0.29) is 11.3 Å². The number of rotatable bonds is 6. The van der Waals surface area contributed by atoms with Crippen molar-refractivity contribution in [2.75, 3.05) is 5.75 Å². The highest BCUT2D eigenvalue weighted by molar-refractivity contribution is 7.92. The van der Waals surface area contributed by atoms with Gasteiger partial charge < -0.3 is 5.73 Å². The fraction of sp³-hybridized carbons (Fsp3) is 0.538. The molecule has 2 unspecified atom stereocenters. The molecule has 1 aromatic carbocycles. The molecule has 6 heteroatoms. The Morgan fingerprint density at radius 1 is 1.26 bits per heavy atom. The smallest absolute Gasteiger partial charge is 0.159 e. The van der Waals surface area contributed by atoms with Crippen LogP contribution < -0.4 is 5.73 Å². The lowest BCUT2D eigenvalue weighted by molar-refractivity contribution is 0.504. The second-order valence-electron chi connectivity index (χ2n) is 4.62. The molecule has 0 aromatic heterocycles. The minimum absolute atomic E-state index is 0.0576. The molecule has 0 saturated heterocycles. The quantitative estimate of drug-likeness (QED) is 0.876. The van der Waals surface area contributed by atoms with E-state index in [1.165, 1.54) is 13.0 Å². The average Bonchev–Trinajstić information content (AvgIpc) is 2.38. The van der Waals surface area contributed by atoms with Crippen LogP contribution in [-0.2, 0) is 9.84 Å². The lowest BCUT2D eigenvalue weighted by atomic mass is 10.1. The molecule has 0 radical (unpaired) electrons. The predicted molar refractivity (Wildman–Crippen MR) is 71.4 cm³/mol. The Labute approximate surface area is 112 Å².